The van der Waals surface area contributed by atoms with E-state index in [0.717, 1.165) is 17.4 Å². The largest absolute Gasteiger partial charge is 0.366 e. The molecule has 0 atom stereocenters. The molecule has 2 amide bonds. The molecule has 8 heteroatoms. The van der Waals surface area contributed by atoms with E-state index in [9.17, 15) is 18.0 Å². The van der Waals surface area contributed by atoms with Gasteiger partial charge in [-0.2, -0.15) is 0 Å². The number of hydrogen-bond donors (Lipinski definition) is 2. The second-order valence-electron chi connectivity index (χ2n) is 7.05. The normalized spacial score (nSPS) is 11.2. The maximum absolute atomic E-state index is 12.3. The molecule has 0 aliphatic heterocycles. The summed E-state index contributed by atoms with van der Waals surface area (Å²) >= 11 is 0. The fourth-order valence-corrected chi connectivity index (χ4v) is 4.12. The second kappa shape index (κ2) is 9.09. The lowest BCUT2D eigenvalue weighted by molar-refractivity contribution is -0.116. The summed E-state index contributed by atoms with van der Waals surface area (Å²) < 4.78 is 25.9. The number of primary amides is 1. The van der Waals surface area contributed by atoms with Crippen LogP contribution in [0.4, 0.5) is 11.4 Å². The number of carbonyl (C=O) groups excluding carboxylic acids is 2. The fourth-order valence-electron chi connectivity index (χ4n) is 3.10. The highest BCUT2D eigenvalue weighted by Crippen LogP contribution is 2.25. The number of anilines is 2. The van der Waals surface area contributed by atoms with E-state index in [1.807, 2.05) is 26.0 Å². The predicted octanol–water partition coefficient (Wildman–Crippen LogP) is 2.90. The number of hydrogen-bond acceptors (Lipinski definition) is 4. The molecule has 0 aromatic heterocycles. The number of sulfonamides is 1. The van der Waals surface area contributed by atoms with Crippen molar-refractivity contribution in [3.05, 3.63) is 58.7 Å². The van der Waals surface area contributed by atoms with Gasteiger partial charge in [0.15, 0.2) is 0 Å². The topological polar surface area (TPSA) is 110 Å². The Balaban J connectivity index is 2.07. The summed E-state index contributed by atoms with van der Waals surface area (Å²) in [5, 5.41) is 2.76. The molecule has 0 heterocycles. The summed E-state index contributed by atoms with van der Waals surface area (Å²) in [4.78, 5) is 23.8. The van der Waals surface area contributed by atoms with Gasteiger partial charge >= 0.3 is 0 Å². The van der Waals surface area contributed by atoms with Crippen LogP contribution in [0.3, 0.4) is 0 Å². The molecule has 2 rings (SSSR count). The molecule has 7 nitrogen and oxygen atoms in total. The Labute approximate surface area is 172 Å². The molecule has 0 bridgehead atoms. The Kier molecular flexibility index (Phi) is 7.02. The van der Waals surface area contributed by atoms with Crippen molar-refractivity contribution in [2.24, 2.45) is 5.73 Å². The van der Waals surface area contributed by atoms with Gasteiger partial charge in [-0.1, -0.05) is 18.2 Å². The maximum Gasteiger partial charge on any atom is 0.249 e. The van der Waals surface area contributed by atoms with Crippen LogP contribution in [0.15, 0.2) is 36.4 Å². The third kappa shape index (κ3) is 5.57. The van der Waals surface area contributed by atoms with Gasteiger partial charge in [-0.25, -0.2) is 8.42 Å². The van der Waals surface area contributed by atoms with Crippen molar-refractivity contribution >= 4 is 33.2 Å². The highest BCUT2D eigenvalue weighted by Gasteiger charge is 2.20. The van der Waals surface area contributed by atoms with E-state index >= 15 is 0 Å². The van der Waals surface area contributed by atoms with E-state index in [2.05, 4.69) is 5.32 Å². The summed E-state index contributed by atoms with van der Waals surface area (Å²) in [6, 6.07) is 10.4. The van der Waals surface area contributed by atoms with Crippen molar-refractivity contribution in [3.8, 4) is 0 Å². The van der Waals surface area contributed by atoms with Crippen LogP contribution in [-0.4, -0.2) is 33.0 Å². The summed E-state index contributed by atoms with van der Waals surface area (Å²) in [5.41, 5.74) is 9.31. The Bertz CT molecular complexity index is 1030. The maximum atomic E-state index is 12.3. The third-order valence-corrected chi connectivity index (χ3v) is 6.06. The van der Waals surface area contributed by atoms with E-state index in [-0.39, 0.29) is 18.9 Å². The second-order valence-corrected chi connectivity index (χ2v) is 8.96. The lowest BCUT2D eigenvalue weighted by Crippen LogP contribution is -2.32. The van der Waals surface area contributed by atoms with Crippen LogP contribution in [0.1, 0.15) is 39.9 Å². The number of benzene rings is 2. The van der Waals surface area contributed by atoms with Crippen LogP contribution in [0.5, 0.6) is 0 Å². The highest BCUT2D eigenvalue weighted by atomic mass is 32.2. The third-order valence-electron chi connectivity index (χ3n) is 4.88. The standard InChI is InChI=1S/C21H27N3O4S/c1-14-8-5-11-19(15(14)2)24(29(4,27)28)13-7-12-20(25)23-18-10-6-9-17(16(18)3)21(22)26/h5-6,8-11H,7,12-13H2,1-4H3,(H2,22,26)(H,23,25). The molecule has 0 fully saturated rings. The molecular formula is C21H27N3O4S. The molecule has 0 aliphatic rings. The molecule has 0 radical (unpaired) electrons. The van der Waals surface area contributed by atoms with Crippen molar-refractivity contribution in [2.45, 2.75) is 33.6 Å². The first-order valence-corrected chi connectivity index (χ1v) is 11.1. The van der Waals surface area contributed by atoms with Crippen molar-refractivity contribution in [1.29, 1.82) is 0 Å². The van der Waals surface area contributed by atoms with E-state index in [1.165, 1.54) is 4.31 Å². The van der Waals surface area contributed by atoms with Crippen LogP contribution >= 0.6 is 0 Å². The van der Waals surface area contributed by atoms with Crippen molar-refractivity contribution in [2.75, 3.05) is 22.4 Å². The summed E-state index contributed by atoms with van der Waals surface area (Å²) in [7, 11) is -3.49. The van der Waals surface area contributed by atoms with Crippen LogP contribution in [0, 0.1) is 20.8 Å². The molecule has 0 aliphatic carbocycles. The Hall–Kier alpha value is -2.87. The van der Waals surface area contributed by atoms with Crippen LogP contribution in [0.2, 0.25) is 0 Å². The molecule has 2 aromatic carbocycles. The van der Waals surface area contributed by atoms with Crippen LogP contribution in [-0.2, 0) is 14.8 Å². The first-order chi connectivity index (χ1) is 13.5. The number of carbonyl (C=O) groups is 2. The average molecular weight is 418 g/mol. The number of aryl methyl sites for hydroxylation is 1. The zero-order chi connectivity index (χ0) is 21.8. The van der Waals surface area contributed by atoms with E-state index in [4.69, 9.17) is 5.73 Å². The minimum atomic E-state index is -3.49. The van der Waals surface area contributed by atoms with E-state index in [1.54, 1.807) is 31.2 Å². The van der Waals surface area contributed by atoms with Gasteiger partial charge in [0.25, 0.3) is 0 Å². The molecular weight excluding hydrogens is 390 g/mol. The van der Waals surface area contributed by atoms with Gasteiger partial charge in [-0.15, -0.1) is 0 Å². The van der Waals surface area contributed by atoms with E-state index in [0.29, 0.717) is 28.9 Å². The monoisotopic (exact) mass is 417 g/mol. The summed E-state index contributed by atoms with van der Waals surface area (Å²) in [6.07, 6.45) is 1.64. The van der Waals surface area contributed by atoms with Crippen LogP contribution < -0.4 is 15.4 Å². The van der Waals surface area contributed by atoms with Crippen LogP contribution in [0.25, 0.3) is 0 Å². The summed E-state index contributed by atoms with van der Waals surface area (Å²) in [5.74, 6) is -0.819. The lowest BCUT2D eigenvalue weighted by Gasteiger charge is -2.25. The molecule has 3 N–H and O–H groups in total. The molecule has 0 saturated heterocycles. The molecule has 0 unspecified atom stereocenters. The Morgan fingerprint density at radius 3 is 2.31 bits per heavy atom. The predicted molar refractivity (Wildman–Crippen MR) is 116 cm³/mol. The van der Waals surface area contributed by atoms with Gasteiger partial charge in [-0.05, 0) is 62.1 Å². The van der Waals surface area contributed by atoms with Gasteiger partial charge in [0.2, 0.25) is 21.8 Å². The molecule has 156 valence electrons. The zero-order valence-electron chi connectivity index (χ0n) is 17.2. The summed E-state index contributed by atoms with van der Waals surface area (Å²) in [6.45, 7) is 5.71. The number of rotatable bonds is 8. The number of amides is 2. The SMILES string of the molecule is Cc1cccc(N(CCCC(=O)Nc2cccc(C(N)=O)c2C)S(C)(=O)=O)c1C. The first-order valence-electron chi connectivity index (χ1n) is 9.25. The number of nitrogens with one attached hydrogen (secondary N) is 1. The average Bonchev–Trinajstić information content (AvgIpc) is 2.62. The quantitative estimate of drug-likeness (QED) is 0.688. The van der Waals surface area contributed by atoms with Crippen molar-refractivity contribution < 1.29 is 18.0 Å². The molecule has 0 spiro atoms. The molecule has 0 saturated carbocycles. The van der Waals surface area contributed by atoms with Crippen molar-refractivity contribution in [1.82, 2.24) is 0 Å². The minimum Gasteiger partial charge on any atom is -0.366 e. The van der Waals surface area contributed by atoms with E-state index < -0.39 is 15.9 Å². The fraction of sp³-hybridized carbons (Fsp3) is 0.333. The number of nitrogens with two attached hydrogens (primary N) is 1. The van der Waals surface area contributed by atoms with Gasteiger partial charge in [0.05, 0.1) is 11.9 Å². The van der Waals surface area contributed by atoms with Gasteiger partial charge in [0, 0.05) is 24.2 Å². The smallest absolute Gasteiger partial charge is 0.249 e. The lowest BCUT2D eigenvalue weighted by atomic mass is 10.1. The van der Waals surface area contributed by atoms with Crippen molar-refractivity contribution in [3.63, 3.8) is 0 Å². The van der Waals surface area contributed by atoms with Gasteiger partial charge in [-0.3, -0.25) is 13.9 Å². The van der Waals surface area contributed by atoms with Gasteiger partial charge < -0.3 is 11.1 Å². The highest BCUT2D eigenvalue weighted by molar-refractivity contribution is 7.92. The van der Waals surface area contributed by atoms with Gasteiger partial charge in [0.1, 0.15) is 0 Å². The zero-order valence-corrected chi connectivity index (χ0v) is 18.0. The molecule has 2 aromatic rings. The first kappa shape index (κ1) is 22.4. The number of nitrogens with zero attached hydrogens (tertiary/aromatic N) is 1. The Morgan fingerprint density at radius 2 is 1.69 bits per heavy atom. The minimum absolute atomic E-state index is 0.136. The molecule has 29 heavy (non-hydrogen) atoms. The Morgan fingerprint density at radius 1 is 1.03 bits per heavy atom.